The summed E-state index contributed by atoms with van der Waals surface area (Å²) in [7, 11) is -3.44. The fourth-order valence-electron chi connectivity index (χ4n) is 1.60. The molecule has 0 fully saturated rings. The number of pyridine rings is 1. The van der Waals surface area contributed by atoms with E-state index in [2.05, 4.69) is 26.2 Å². The van der Waals surface area contributed by atoms with Crippen LogP contribution in [0.2, 0.25) is 0 Å². The molecule has 0 saturated carbocycles. The Hall–Kier alpha value is -1.73. The Kier molecular flexibility index (Phi) is 4.20. The van der Waals surface area contributed by atoms with E-state index in [1.54, 1.807) is 24.4 Å². The number of aromatic nitrogens is 1. The number of carbonyl (C=O) groups excluding carboxylic acids is 1. The van der Waals surface area contributed by atoms with Crippen LogP contribution in [0.5, 0.6) is 0 Å². The van der Waals surface area contributed by atoms with Gasteiger partial charge in [-0.25, -0.2) is 8.42 Å². The van der Waals surface area contributed by atoms with Crippen LogP contribution in [0.15, 0.2) is 52.1 Å². The van der Waals surface area contributed by atoms with Gasteiger partial charge in [-0.2, -0.15) is 0 Å². The number of sulfone groups is 1. The molecule has 7 heteroatoms. The first-order chi connectivity index (χ1) is 9.38. The largest absolute Gasteiger partial charge is 0.321 e. The second-order valence-corrected chi connectivity index (χ2v) is 7.01. The summed E-state index contributed by atoms with van der Waals surface area (Å²) < 4.78 is 24.1. The number of amides is 1. The molecular weight excluding hydrogens is 344 g/mol. The highest BCUT2D eigenvalue weighted by molar-refractivity contribution is 9.10. The molecule has 2 rings (SSSR count). The molecule has 20 heavy (non-hydrogen) atoms. The molecule has 0 spiro atoms. The lowest BCUT2D eigenvalue weighted by molar-refractivity contribution is 0.102. The molecule has 0 aliphatic carbocycles. The second-order valence-electron chi connectivity index (χ2n) is 4.11. The van der Waals surface area contributed by atoms with E-state index >= 15 is 0 Å². The average Bonchev–Trinajstić information content (AvgIpc) is 2.40. The third-order valence-corrected chi connectivity index (χ3v) is 4.15. The van der Waals surface area contributed by atoms with Crippen molar-refractivity contribution in [2.24, 2.45) is 0 Å². The molecule has 0 bridgehead atoms. The van der Waals surface area contributed by atoms with E-state index in [1.807, 2.05) is 0 Å². The summed E-state index contributed by atoms with van der Waals surface area (Å²) in [6, 6.07) is 7.88. The van der Waals surface area contributed by atoms with Crippen LogP contribution >= 0.6 is 15.9 Å². The summed E-state index contributed by atoms with van der Waals surface area (Å²) in [4.78, 5) is 15.9. The highest BCUT2D eigenvalue weighted by Crippen LogP contribution is 2.25. The van der Waals surface area contributed by atoms with E-state index in [0.29, 0.717) is 10.0 Å². The van der Waals surface area contributed by atoms with Gasteiger partial charge in [0.05, 0.1) is 16.1 Å². The van der Waals surface area contributed by atoms with Crippen LogP contribution in [-0.2, 0) is 9.84 Å². The SMILES string of the molecule is CS(=O)(=O)c1cc(Br)ccc1NC(=O)c1cccnc1. The molecule has 1 aromatic carbocycles. The van der Waals surface area contributed by atoms with Crippen LogP contribution < -0.4 is 5.32 Å². The normalized spacial score (nSPS) is 11.1. The van der Waals surface area contributed by atoms with E-state index in [0.717, 1.165) is 6.26 Å². The first-order valence-electron chi connectivity index (χ1n) is 5.59. The van der Waals surface area contributed by atoms with Crippen LogP contribution in [0.1, 0.15) is 10.4 Å². The van der Waals surface area contributed by atoms with Crippen LogP contribution in [0, 0.1) is 0 Å². The lowest BCUT2D eigenvalue weighted by Crippen LogP contribution is -2.14. The minimum Gasteiger partial charge on any atom is -0.321 e. The van der Waals surface area contributed by atoms with Crippen molar-refractivity contribution in [3.8, 4) is 0 Å². The lowest BCUT2D eigenvalue weighted by Gasteiger charge is -2.10. The van der Waals surface area contributed by atoms with Crippen molar-refractivity contribution in [3.05, 3.63) is 52.8 Å². The van der Waals surface area contributed by atoms with Gasteiger partial charge >= 0.3 is 0 Å². The van der Waals surface area contributed by atoms with Crippen molar-refractivity contribution in [1.29, 1.82) is 0 Å². The molecule has 0 aliphatic heterocycles. The van der Waals surface area contributed by atoms with Crippen LogP contribution in [-0.4, -0.2) is 25.6 Å². The molecular formula is C13H11BrN2O3S. The van der Waals surface area contributed by atoms with Crippen molar-refractivity contribution in [2.75, 3.05) is 11.6 Å². The van der Waals surface area contributed by atoms with Crippen LogP contribution in [0.4, 0.5) is 5.69 Å². The van der Waals surface area contributed by atoms with Gasteiger partial charge in [-0.3, -0.25) is 9.78 Å². The van der Waals surface area contributed by atoms with E-state index in [9.17, 15) is 13.2 Å². The zero-order valence-corrected chi connectivity index (χ0v) is 12.9. The topological polar surface area (TPSA) is 76.1 Å². The van der Waals surface area contributed by atoms with E-state index in [4.69, 9.17) is 0 Å². The Balaban J connectivity index is 2.38. The smallest absolute Gasteiger partial charge is 0.257 e. The number of benzene rings is 1. The minimum atomic E-state index is -3.44. The van der Waals surface area contributed by atoms with E-state index in [-0.39, 0.29) is 10.6 Å². The minimum absolute atomic E-state index is 0.0594. The monoisotopic (exact) mass is 354 g/mol. The molecule has 0 saturated heterocycles. The Bertz CT molecular complexity index is 745. The summed E-state index contributed by atoms with van der Waals surface area (Å²) in [5.41, 5.74) is 0.597. The van der Waals surface area contributed by atoms with E-state index in [1.165, 1.54) is 18.3 Å². The van der Waals surface area contributed by atoms with Gasteiger partial charge in [0.25, 0.3) is 5.91 Å². The molecule has 0 atom stereocenters. The van der Waals surface area contributed by atoms with Gasteiger partial charge in [0.2, 0.25) is 0 Å². The summed E-state index contributed by atoms with van der Waals surface area (Å²) in [5.74, 6) is -0.412. The third kappa shape index (κ3) is 3.43. The molecule has 0 radical (unpaired) electrons. The number of carbonyl (C=O) groups is 1. The number of nitrogens with one attached hydrogen (secondary N) is 1. The van der Waals surface area contributed by atoms with Crippen molar-refractivity contribution in [2.45, 2.75) is 4.90 Å². The maximum Gasteiger partial charge on any atom is 0.257 e. The highest BCUT2D eigenvalue weighted by atomic mass is 79.9. The number of hydrogen-bond acceptors (Lipinski definition) is 4. The third-order valence-electron chi connectivity index (χ3n) is 2.52. The Morgan fingerprint density at radius 1 is 1.30 bits per heavy atom. The van der Waals surface area contributed by atoms with Crippen molar-refractivity contribution >= 4 is 37.4 Å². The number of anilines is 1. The number of hydrogen-bond donors (Lipinski definition) is 1. The summed E-state index contributed by atoms with van der Waals surface area (Å²) in [6.07, 6.45) is 4.06. The van der Waals surface area contributed by atoms with Crippen molar-refractivity contribution < 1.29 is 13.2 Å². The number of nitrogens with zero attached hydrogens (tertiary/aromatic N) is 1. The quantitative estimate of drug-likeness (QED) is 0.918. The fourth-order valence-corrected chi connectivity index (χ4v) is 2.97. The predicted octanol–water partition coefficient (Wildman–Crippen LogP) is 2.50. The van der Waals surface area contributed by atoms with Gasteiger partial charge in [-0.05, 0) is 30.3 Å². The Morgan fingerprint density at radius 2 is 2.05 bits per heavy atom. The summed E-state index contributed by atoms with van der Waals surface area (Å²) in [5, 5.41) is 2.58. The van der Waals surface area contributed by atoms with Gasteiger partial charge in [0.15, 0.2) is 9.84 Å². The first kappa shape index (κ1) is 14.7. The van der Waals surface area contributed by atoms with Crippen molar-refractivity contribution in [1.82, 2.24) is 4.98 Å². The molecule has 1 N–H and O–H groups in total. The average molecular weight is 355 g/mol. The zero-order valence-electron chi connectivity index (χ0n) is 10.5. The highest BCUT2D eigenvalue weighted by Gasteiger charge is 2.16. The van der Waals surface area contributed by atoms with Crippen LogP contribution in [0.3, 0.4) is 0 Å². The van der Waals surface area contributed by atoms with E-state index < -0.39 is 15.7 Å². The molecule has 104 valence electrons. The summed E-state index contributed by atoms with van der Waals surface area (Å²) >= 11 is 3.21. The summed E-state index contributed by atoms with van der Waals surface area (Å²) in [6.45, 7) is 0. The fraction of sp³-hybridized carbons (Fsp3) is 0.0769. The van der Waals surface area contributed by atoms with Gasteiger partial charge in [-0.1, -0.05) is 15.9 Å². The van der Waals surface area contributed by atoms with Crippen molar-refractivity contribution in [3.63, 3.8) is 0 Å². The molecule has 1 heterocycles. The predicted molar refractivity (Wildman–Crippen MR) is 79.4 cm³/mol. The van der Waals surface area contributed by atoms with Gasteiger partial charge < -0.3 is 5.32 Å². The molecule has 5 nitrogen and oxygen atoms in total. The molecule has 0 unspecified atom stereocenters. The lowest BCUT2D eigenvalue weighted by atomic mass is 10.2. The van der Waals surface area contributed by atoms with Crippen LogP contribution in [0.25, 0.3) is 0 Å². The molecule has 1 aromatic heterocycles. The second kappa shape index (κ2) is 5.72. The Labute approximate surface area is 125 Å². The maximum atomic E-state index is 12.0. The molecule has 1 amide bonds. The first-order valence-corrected chi connectivity index (χ1v) is 8.27. The van der Waals surface area contributed by atoms with Gasteiger partial charge in [-0.15, -0.1) is 0 Å². The maximum absolute atomic E-state index is 12.0. The number of halogens is 1. The number of rotatable bonds is 3. The molecule has 2 aromatic rings. The van der Waals surface area contributed by atoms with Gasteiger partial charge in [0.1, 0.15) is 0 Å². The zero-order chi connectivity index (χ0) is 14.8. The van der Waals surface area contributed by atoms with Gasteiger partial charge in [0, 0.05) is 23.1 Å². The Morgan fingerprint density at radius 3 is 2.65 bits per heavy atom. The standard InChI is InChI=1S/C13H11BrN2O3S/c1-20(18,19)12-7-10(14)4-5-11(12)16-13(17)9-3-2-6-15-8-9/h2-8H,1H3,(H,16,17). The molecule has 0 aliphatic rings.